The molecule has 1 aromatic carbocycles. The van der Waals surface area contributed by atoms with Crippen LogP contribution < -0.4 is 0 Å². The Balaban J connectivity index is 2.05. The Morgan fingerprint density at radius 1 is 1.26 bits per heavy atom. The molecule has 0 radical (unpaired) electrons. The molecule has 102 valence electrons. The summed E-state index contributed by atoms with van der Waals surface area (Å²) in [6.45, 7) is 8.55. The van der Waals surface area contributed by atoms with Gasteiger partial charge in [0.05, 0.1) is 6.07 Å². The standard InChI is InChI=1S/C17H24N2/c1-14-6-7-16(15(2)12-14)8-9-17(3,13-18)19-10-4-5-11-19/h6-7,12H,4-5,8-11H2,1-3H3. The molecule has 1 aliphatic heterocycles. The molecule has 2 heteroatoms. The van der Waals surface area contributed by atoms with Crippen molar-refractivity contribution in [3.8, 4) is 6.07 Å². The number of nitriles is 1. The Labute approximate surface area is 117 Å². The van der Waals surface area contributed by atoms with Crippen molar-refractivity contribution in [3.05, 3.63) is 34.9 Å². The second-order valence-corrected chi connectivity index (χ2v) is 6.01. The van der Waals surface area contributed by atoms with Gasteiger partial charge in [0.1, 0.15) is 5.54 Å². The molecule has 0 bridgehead atoms. The van der Waals surface area contributed by atoms with E-state index in [1.165, 1.54) is 29.5 Å². The van der Waals surface area contributed by atoms with Crippen molar-refractivity contribution in [2.24, 2.45) is 0 Å². The van der Waals surface area contributed by atoms with Crippen molar-refractivity contribution >= 4 is 0 Å². The highest BCUT2D eigenvalue weighted by molar-refractivity contribution is 5.31. The number of aryl methyl sites for hydroxylation is 3. The maximum Gasteiger partial charge on any atom is 0.106 e. The molecular weight excluding hydrogens is 232 g/mol. The molecule has 0 saturated carbocycles. The lowest BCUT2D eigenvalue weighted by Gasteiger charge is -2.32. The van der Waals surface area contributed by atoms with Crippen LogP contribution in [0.1, 0.15) is 42.9 Å². The number of nitrogens with zero attached hydrogens (tertiary/aromatic N) is 2. The topological polar surface area (TPSA) is 27.0 Å². The van der Waals surface area contributed by atoms with E-state index >= 15 is 0 Å². The minimum Gasteiger partial charge on any atom is -0.286 e. The molecule has 2 nitrogen and oxygen atoms in total. The molecule has 2 rings (SSSR count). The van der Waals surface area contributed by atoms with Crippen LogP contribution in [-0.4, -0.2) is 23.5 Å². The smallest absolute Gasteiger partial charge is 0.106 e. The second-order valence-electron chi connectivity index (χ2n) is 6.01. The Morgan fingerprint density at radius 2 is 1.95 bits per heavy atom. The Morgan fingerprint density at radius 3 is 2.53 bits per heavy atom. The number of benzene rings is 1. The normalized spacial score (nSPS) is 19.1. The minimum absolute atomic E-state index is 0.298. The zero-order valence-electron chi connectivity index (χ0n) is 12.4. The molecular formula is C17H24N2. The highest BCUT2D eigenvalue weighted by atomic mass is 15.2. The summed E-state index contributed by atoms with van der Waals surface area (Å²) in [7, 11) is 0. The summed E-state index contributed by atoms with van der Waals surface area (Å²) in [6.07, 6.45) is 4.39. The van der Waals surface area contributed by atoms with Crippen molar-refractivity contribution in [1.82, 2.24) is 4.90 Å². The molecule has 19 heavy (non-hydrogen) atoms. The highest BCUT2D eigenvalue weighted by Crippen LogP contribution is 2.26. The van der Waals surface area contributed by atoms with E-state index in [1.807, 2.05) is 0 Å². The van der Waals surface area contributed by atoms with Crippen LogP contribution in [0.5, 0.6) is 0 Å². The molecule has 1 unspecified atom stereocenters. The van der Waals surface area contributed by atoms with E-state index < -0.39 is 0 Å². The van der Waals surface area contributed by atoms with E-state index in [4.69, 9.17) is 0 Å². The fourth-order valence-electron chi connectivity index (χ4n) is 3.00. The van der Waals surface area contributed by atoms with Gasteiger partial charge in [-0.2, -0.15) is 5.26 Å². The summed E-state index contributed by atoms with van der Waals surface area (Å²) in [5.74, 6) is 0. The fraction of sp³-hybridized carbons (Fsp3) is 0.588. The molecule has 1 heterocycles. The van der Waals surface area contributed by atoms with Gasteiger partial charge in [-0.05, 0) is 70.7 Å². The van der Waals surface area contributed by atoms with E-state index in [1.54, 1.807) is 0 Å². The van der Waals surface area contributed by atoms with E-state index in [0.29, 0.717) is 0 Å². The molecule has 0 spiro atoms. The summed E-state index contributed by atoms with van der Waals surface area (Å²) in [4.78, 5) is 2.36. The number of rotatable bonds is 4. The van der Waals surface area contributed by atoms with Crippen LogP contribution in [0.2, 0.25) is 0 Å². The first kappa shape index (κ1) is 14.1. The van der Waals surface area contributed by atoms with Gasteiger partial charge in [0.15, 0.2) is 0 Å². The van der Waals surface area contributed by atoms with Gasteiger partial charge in [-0.1, -0.05) is 23.8 Å². The van der Waals surface area contributed by atoms with Gasteiger partial charge in [-0.3, -0.25) is 4.90 Å². The third-order valence-corrected chi connectivity index (χ3v) is 4.42. The van der Waals surface area contributed by atoms with E-state index in [0.717, 1.165) is 25.9 Å². The van der Waals surface area contributed by atoms with Gasteiger partial charge in [-0.25, -0.2) is 0 Å². The quantitative estimate of drug-likeness (QED) is 0.822. The summed E-state index contributed by atoms with van der Waals surface area (Å²) in [5, 5.41) is 9.55. The highest BCUT2D eigenvalue weighted by Gasteiger charge is 2.33. The number of likely N-dealkylation sites (tertiary alicyclic amines) is 1. The SMILES string of the molecule is Cc1ccc(CCC(C)(C#N)N2CCCC2)c(C)c1. The van der Waals surface area contributed by atoms with Gasteiger partial charge >= 0.3 is 0 Å². The Hall–Kier alpha value is -1.33. The molecule has 0 amide bonds. The van der Waals surface area contributed by atoms with E-state index in [-0.39, 0.29) is 5.54 Å². The maximum absolute atomic E-state index is 9.55. The fourth-order valence-corrected chi connectivity index (χ4v) is 3.00. The van der Waals surface area contributed by atoms with Crippen LogP contribution in [0.25, 0.3) is 0 Å². The van der Waals surface area contributed by atoms with Crippen LogP contribution in [-0.2, 0) is 6.42 Å². The molecule has 0 N–H and O–H groups in total. The van der Waals surface area contributed by atoms with Crippen LogP contribution in [0.15, 0.2) is 18.2 Å². The zero-order chi connectivity index (χ0) is 13.9. The summed E-state index contributed by atoms with van der Waals surface area (Å²) in [6, 6.07) is 9.16. The van der Waals surface area contributed by atoms with E-state index in [9.17, 15) is 5.26 Å². The largest absolute Gasteiger partial charge is 0.286 e. The van der Waals surface area contributed by atoms with Crippen molar-refractivity contribution in [1.29, 1.82) is 5.26 Å². The molecule has 1 atom stereocenters. The molecule has 0 aliphatic carbocycles. The first-order valence-corrected chi connectivity index (χ1v) is 7.27. The molecule has 1 aliphatic rings. The van der Waals surface area contributed by atoms with Gasteiger partial charge in [0.2, 0.25) is 0 Å². The summed E-state index contributed by atoms with van der Waals surface area (Å²) in [5.41, 5.74) is 3.74. The molecule has 1 aromatic rings. The first-order valence-electron chi connectivity index (χ1n) is 7.27. The zero-order valence-corrected chi connectivity index (χ0v) is 12.4. The lowest BCUT2D eigenvalue weighted by molar-refractivity contribution is 0.181. The van der Waals surface area contributed by atoms with Crippen LogP contribution >= 0.6 is 0 Å². The number of hydrogen-bond acceptors (Lipinski definition) is 2. The third-order valence-electron chi connectivity index (χ3n) is 4.42. The van der Waals surface area contributed by atoms with E-state index in [2.05, 4.69) is 49.9 Å². The molecule has 0 aromatic heterocycles. The van der Waals surface area contributed by atoms with Gasteiger partial charge < -0.3 is 0 Å². The Bertz CT molecular complexity index is 481. The van der Waals surface area contributed by atoms with Crippen molar-refractivity contribution < 1.29 is 0 Å². The van der Waals surface area contributed by atoms with Gasteiger partial charge in [0, 0.05) is 0 Å². The summed E-state index contributed by atoms with van der Waals surface area (Å²) < 4.78 is 0. The van der Waals surface area contributed by atoms with Crippen molar-refractivity contribution in [2.75, 3.05) is 13.1 Å². The first-order chi connectivity index (χ1) is 9.05. The molecule has 1 fully saturated rings. The van der Waals surface area contributed by atoms with Crippen LogP contribution in [0, 0.1) is 25.2 Å². The predicted octanol–water partition coefficient (Wildman–Crippen LogP) is 3.61. The average molecular weight is 256 g/mol. The van der Waals surface area contributed by atoms with Crippen molar-refractivity contribution in [2.45, 2.75) is 52.0 Å². The second kappa shape index (κ2) is 5.75. The average Bonchev–Trinajstić information content (AvgIpc) is 2.92. The Kier molecular flexibility index (Phi) is 4.27. The maximum atomic E-state index is 9.55. The van der Waals surface area contributed by atoms with Crippen molar-refractivity contribution in [3.63, 3.8) is 0 Å². The van der Waals surface area contributed by atoms with Gasteiger partial charge in [0.25, 0.3) is 0 Å². The third kappa shape index (κ3) is 3.16. The van der Waals surface area contributed by atoms with Crippen LogP contribution in [0.3, 0.4) is 0 Å². The predicted molar refractivity (Wildman–Crippen MR) is 79.1 cm³/mol. The molecule has 1 saturated heterocycles. The minimum atomic E-state index is -0.298. The summed E-state index contributed by atoms with van der Waals surface area (Å²) >= 11 is 0. The number of hydrogen-bond donors (Lipinski definition) is 0. The van der Waals surface area contributed by atoms with Gasteiger partial charge in [-0.15, -0.1) is 0 Å². The monoisotopic (exact) mass is 256 g/mol. The lowest BCUT2D eigenvalue weighted by Crippen LogP contribution is -2.43. The lowest BCUT2D eigenvalue weighted by atomic mass is 9.91. The van der Waals surface area contributed by atoms with Crippen LogP contribution in [0.4, 0.5) is 0 Å².